The van der Waals surface area contributed by atoms with Crippen LogP contribution < -0.4 is 5.32 Å². The van der Waals surface area contributed by atoms with Crippen LogP contribution in [0.4, 0.5) is 11.4 Å². The summed E-state index contributed by atoms with van der Waals surface area (Å²) in [6, 6.07) is 8.48. The van der Waals surface area contributed by atoms with E-state index in [1.807, 2.05) is 0 Å². The van der Waals surface area contributed by atoms with Crippen molar-refractivity contribution < 1.29 is 27.7 Å². The minimum Gasteiger partial charge on any atom is -0.452 e. The van der Waals surface area contributed by atoms with Gasteiger partial charge >= 0.3 is 5.97 Å². The first kappa shape index (κ1) is 24.3. The number of hydrogen-bond acceptors (Lipinski definition) is 7. The van der Waals surface area contributed by atoms with Gasteiger partial charge in [-0.15, -0.1) is 0 Å². The molecule has 10 nitrogen and oxygen atoms in total. The second-order valence-corrected chi connectivity index (χ2v) is 9.09. The van der Waals surface area contributed by atoms with E-state index in [9.17, 15) is 28.1 Å². The van der Waals surface area contributed by atoms with Crippen LogP contribution in [0.3, 0.4) is 0 Å². The fourth-order valence-corrected chi connectivity index (χ4v) is 3.98. The third-order valence-electron chi connectivity index (χ3n) is 4.25. The Bertz CT molecular complexity index is 1120. The lowest BCUT2D eigenvalue weighted by molar-refractivity contribution is -0.384. The van der Waals surface area contributed by atoms with Crippen LogP contribution >= 0.6 is 11.6 Å². The van der Waals surface area contributed by atoms with Crippen molar-refractivity contribution in [3.8, 4) is 0 Å². The maximum absolute atomic E-state index is 12.6. The first-order valence-corrected chi connectivity index (χ1v) is 10.7. The summed E-state index contributed by atoms with van der Waals surface area (Å²) in [5, 5.41) is 13.0. The third kappa shape index (κ3) is 6.00. The minimum atomic E-state index is -3.80. The number of amides is 1. The second-order valence-electron chi connectivity index (χ2n) is 6.69. The molecule has 12 heteroatoms. The summed E-state index contributed by atoms with van der Waals surface area (Å²) < 4.78 is 31.2. The van der Waals surface area contributed by atoms with Gasteiger partial charge < -0.3 is 10.1 Å². The summed E-state index contributed by atoms with van der Waals surface area (Å²) in [6.45, 7) is 2.76. The maximum Gasteiger partial charge on any atom is 0.338 e. The molecule has 0 unspecified atom stereocenters. The smallest absolute Gasteiger partial charge is 0.338 e. The van der Waals surface area contributed by atoms with E-state index in [0.717, 1.165) is 12.1 Å². The van der Waals surface area contributed by atoms with Crippen molar-refractivity contribution in [1.82, 2.24) is 4.31 Å². The number of carbonyl (C=O) groups is 2. The van der Waals surface area contributed by atoms with E-state index in [-0.39, 0.29) is 32.9 Å². The van der Waals surface area contributed by atoms with Crippen molar-refractivity contribution in [3.05, 3.63) is 63.2 Å². The molecule has 1 amide bonds. The zero-order valence-corrected chi connectivity index (χ0v) is 18.4. The normalized spacial score (nSPS) is 11.4. The zero-order valence-electron chi connectivity index (χ0n) is 16.9. The topological polar surface area (TPSA) is 136 Å². The Morgan fingerprint density at radius 1 is 1.23 bits per heavy atom. The molecule has 0 aliphatic rings. The molecule has 2 rings (SSSR count). The number of benzene rings is 2. The fraction of sp³-hybridized carbons (Fsp3) is 0.263. The Kier molecular flexibility index (Phi) is 7.71. The number of halogens is 1. The molecule has 2 aromatic carbocycles. The molecule has 0 radical (unpaired) electrons. The van der Waals surface area contributed by atoms with Crippen molar-refractivity contribution in [3.63, 3.8) is 0 Å². The molecule has 0 aromatic heterocycles. The molecule has 166 valence electrons. The largest absolute Gasteiger partial charge is 0.452 e. The van der Waals surface area contributed by atoms with E-state index in [4.69, 9.17) is 16.3 Å². The average molecular weight is 470 g/mol. The quantitative estimate of drug-likeness (QED) is 0.356. The summed E-state index contributed by atoms with van der Waals surface area (Å²) in [4.78, 5) is 34.3. The van der Waals surface area contributed by atoms with E-state index in [0.29, 0.717) is 0 Å². The molecule has 0 atom stereocenters. The monoisotopic (exact) mass is 469 g/mol. The van der Waals surface area contributed by atoms with Gasteiger partial charge in [-0.3, -0.25) is 14.9 Å². The van der Waals surface area contributed by atoms with Gasteiger partial charge in [0.05, 0.1) is 26.1 Å². The van der Waals surface area contributed by atoms with Gasteiger partial charge in [0.25, 0.3) is 11.6 Å². The number of non-ortho nitro benzene ring substituents is 1. The Labute approximate surface area is 184 Å². The SMILES string of the molecule is CC(C)N(C)S(=O)(=O)c1cccc(C(=O)OCC(=O)Nc2ccc([N+](=O)[O-])cc2Cl)c1. The minimum absolute atomic E-state index is 0.0422. The lowest BCUT2D eigenvalue weighted by atomic mass is 10.2. The van der Waals surface area contributed by atoms with Crippen molar-refractivity contribution in [1.29, 1.82) is 0 Å². The summed E-state index contributed by atoms with van der Waals surface area (Å²) >= 11 is 5.90. The van der Waals surface area contributed by atoms with Crippen molar-refractivity contribution in [2.75, 3.05) is 19.0 Å². The number of ether oxygens (including phenoxy) is 1. The molecule has 31 heavy (non-hydrogen) atoms. The van der Waals surface area contributed by atoms with Gasteiger partial charge in [-0.25, -0.2) is 13.2 Å². The molecular weight excluding hydrogens is 450 g/mol. The summed E-state index contributed by atoms with van der Waals surface area (Å²) in [6.07, 6.45) is 0. The van der Waals surface area contributed by atoms with Gasteiger partial charge in [-0.2, -0.15) is 4.31 Å². The van der Waals surface area contributed by atoms with Crippen LogP contribution in [0, 0.1) is 10.1 Å². The highest BCUT2D eigenvalue weighted by atomic mass is 35.5. The van der Waals surface area contributed by atoms with Crippen LogP contribution in [0.1, 0.15) is 24.2 Å². The van der Waals surface area contributed by atoms with E-state index in [1.54, 1.807) is 13.8 Å². The predicted molar refractivity (Wildman–Crippen MR) is 114 cm³/mol. The van der Waals surface area contributed by atoms with Crippen LogP contribution in [0.25, 0.3) is 0 Å². The van der Waals surface area contributed by atoms with E-state index in [1.165, 1.54) is 41.7 Å². The van der Waals surface area contributed by atoms with Crippen molar-refractivity contribution >= 4 is 44.9 Å². The molecular formula is C19H20ClN3O7S. The third-order valence-corrected chi connectivity index (χ3v) is 6.59. The molecule has 0 aliphatic carbocycles. The van der Waals surface area contributed by atoms with Crippen molar-refractivity contribution in [2.45, 2.75) is 24.8 Å². The van der Waals surface area contributed by atoms with Gasteiger partial charge in [0.15, 0.2) is 6.61 Å². The summed E-state index contributed by atoms with van der Waals surface area (Å²) in [5.74, 6) is -1.62. The molecule has 0 aliphatic heterocycles. The maximum atomic E-state index is 12.6. The Morgan fingerprint density at radius 3 is 2.48 bits per heavy atom. The molecule has 0 fully saturated rings. The first-order valence-electron chi connectivity index (χ1n) is 8.92. The highest BCUT2D eigenvalue weighted by Gasteiger charge is 2.24. The van der Waals surface area contributed by atoms with Crippen LogP contribution in [-0.4, -0.2) is 49.2 Å². The number of anilines is 1. The van der Waals surface area contributed by atoms with Crippen LogP contribution in [0.15, 0.2) is 47.4 Å². The number of esters is 1. The van der Waals surface area contributed by atoms with Gasteiger partial charge in [0.2, 0.25) is 10.0 Å². The van der Waals surface area contributed by atoms with E-state index < -0.39 is 33.4 Å². The number of nitro benzene ring substituents is 1. The zero-order chi connectivity index (χ0) is 23.3. The molecule has 0 heterocycles. The Hall–Kier alpha value is -3.02. The number of carbonyl (C=O) groups excluding carboxylic acids is 2. The van der Waals surface area contributed by atoms with Crippen LogP contribution in [0.2, 0.25) is 5.02 Å². The molecule has 2 aromatic rings. The Morgan fingerprint density at radius 2 is 1.90 bits per heavy atom. The number of hydrogen-bond donors (Lipinski definition) is 1. The number of nitrogens with one attached hydrogen (secondary N) is 1. The van der Waals surface area contributed by atoms with E-state index >= 15 is 0 Å². The van der Waals surface area contributed by atoms with Gasteiger partial charge in [0.1, 0.15) is 0 Å². The standard InChI is InChI=1S/C19H20ClN3O7S/c1-12(2)22(3)31(28,29)15-6-4-5-13(9-15)19(25)30-11-18(24)21-17-8-7-14(23(26)27)10-16(17)20/h4-10,12H,11H2,1-3H3,(H,21,24). The Balaban J connectivity index is 2.05. The second kappa shape index (κ2) is 9.86. The molecule has 0 bridgehead atoms. The molecule has 0 saturated carbocycles. The lowest BCUT2D eigenvalue weighted by Crippen LogP contribution is -2.33. The first-order chi connectivity index (χ1) is 14.4. The fourth-order valence-electron chi connectivity index (χ4n) is 2.35. The van der Waals surface area contributed by atoms with Crippen LogP contribution in [0.5, 0.6) is 0 Å². The molecule has 1 N–H and O–H groups in total. The van der Waals surface area contributed by atoms with Gasteiger partial charge in [-0.05, 0) is 38.1 Å². The number of nitrogens with zero attached hydrogens (tertiary/aromatic N) is 2. The highest BCUT2D eigenvalue weighted by Crippen LogP contribution is 2.26. The van der Waals surface area contributed by atoms with Gasteiger partial charge in [0, 0.05) is 25.2 Å². The van der Waals surface area contributed by atoms with Gasteiger partial charge in [-0.1, -0.05) is 17.7 Å². The number of rotatable bonds is 8. The molecule has 0 saturated heterocycles. The number of sulfonamides is 1. The summed E-state index contributed by atoms with van der Waals surface area (Å²) in [7, 11) is -2.37. The lowest BCUT2D eigenvalue weighted by Gasteiger charge is -2.21. The summed E-state index contributed by atoms with van der Waals surface area (Å²) in [5.41, 5.74) is -0.176. The highest BCUT2D eigenvalue weighted by molar-refractivity contribution is 7.89. The number of nitro groups is 1. The molecule has 0 spiro atoms. The van der Waals surface area contributed by atoms with Crippen molar-refractivity contribution in [2.24, 2.45) is 0 Å². The average Bonchev–Trinajstić information content (AvgIpc) is 2.72. The van der Waals surface area contributed by atoms with Crippen LogP contribution in [-0.2, 0) is 19.6 Å². The van der Waals surface area contributed by atoms with E-state index in [2.05, 4.69) is 5.32 Å². The predicted octanol–water partition coefficient (Wildman–Crippen LogP) is 3.07.